The molecule has 0 saturated carbocycles. The van der Waals surface area contributed by atoms with Gasteiger partial charge in [-0.3, -0.25) is 0 Å². The summed E-state index contributed by atoms with van der Waals surface area (Å²) in [7, 11) is -10.7. The Kier molecular flexibility index (Phi) is 10.1. The summed E-state index contributed by atoms with van der Waals surface area (Å²) in [6.07, 6.45) is 0.823. The summed E-state index contributed by atoms with van der Waals surface area (Å²) < 4.78 is 47.8. The molecular formula is C11H14FLi2O5PS. The van der Waals surface area contributed by atoms with Crippen molar-refractivity contribution in [1.29, 1.82) is 0 Å². The third-order valence-corrected chi connectivity index (χ3v) is 6.39. The molecular weight excluding hydrogens is 308 g/mol. The zero-order valence-electron chi connectivity index (χ0n) is 12.5. The third-order valence-electron chi connectivity index (χ3n) is 2.78. The monoisotopic (exact) mass is 322 g/mol. The number of sulfone groups is 1. The Labute approximate surface area is 148 Å². The smallest absolute Gasteiger partial charge is 0.808 e. The summed E-state index contributed by atoms with van der Waals surface area (Å²) >= 11 is 0. The second-order valence-corrected chi connectivity index (χ2v) is 7.80. The standard InChI is InChI=1S/C11H16FO5PS.2Li/c1-3-8-6-5-7-10(9(8)4-2)19(16,17)11(12)18(13,14)15;;/h5-7,11H,3-4H2,1-2H3,(H2,13,14,15);;/q;2*+1/p-2. The van der Waals surface area contributed by atoms with Crippen LogP contribution in [-0.4, -0.2) is 13.7 Å². The molecule has 1 aromatic rings. The first-order valence-corrected chi connectivity index (χ1v) is 8.82. The van der Waals surface area contributed by atoms with E-state index in [1.807, 2.05) is 0 Å². The second-order valence-electron chi connectivity index (χ2n) is 3.98. The van der Waals surface area contributed by atoms with Crippen molar-refractivity contribution in [1.82, 2.24) is 0 Å². The van der Waals surface area contributed by atoms with Crippen molar-refractivity contribution >= 4 is 17.4 Å². The third kappa shape index (κ3) is 5.24. The van der Waals surface area contributed by atoms with Gasteiger partial charge in [0.25, 0.3) is 0 Å². The van der Waals surface area contributed by atoms with E-state index in [0.29, 0.717) is 24.0 Å². The van der Waals surface area contributed by atoms with Crippen LogP contribution in [0.4, 0.5) is 4.39 Å². The fourth-order valence-corrected chi connectivity index (χ4v) is 4.68. The van der Waals surface area contributed by atoms with E-state index in [4.69, 9.17) is 0 Å². The molecule has 0 aliphatic rings. The molecule has 0 amide bonds. The predicted molar refractivity (Wildman–Crippen MR) is 64.9 cm³/mol. The van der Waals surface area contributed by atoms with Crippen molar-refractivity contribution in [2.24, 2.45) is 0 Å². The predicted octanol–water partition coefficient (Wildman–Crippen LogP) is -5.24. The first kappa shape index (κ1) is 23.7. The number of benzene rings is 1. The van der Waals surface area contributed by atoms with E-state index in [1.54, 1.807) is 19.9 Å². The van der Waals surface area contributed by atoms with Crippen molar-refractivity contribution in [3.05, 3.63) is 29.3 Å². The molecule has 5 nitrogen and oxygen atoms in total. The Morgan fingerprint density at radius 1 is 1.19 bits per heavy atom. The van der Waals surface area contributed by atoms with Gasteiger partial charge in [-0.15, -0.1) is 0 Å². The topological polar surface area (TPSA) is 97.3 Å². The Morgan fingerprint density at radius 2 is 1.71 bits per heavy atom. The maximum absolute atomic E-state index is 13.4. The summed E-state index contributed by atoms with van der Waals surface area (Å²) in [5.41, 5.74) is 1.03. The van der Waals surface area contributed by atoms with Gasteiger partial charge in [-0.2, -0.15) is 0 Å². The van der Waals surface area contributed by atoms with E-state index in [0.717, 1.165) is 6.07 Å². The van der Waals surface area contributed by atoms with Crippen LogP contribution < -0.4 is 47.5 Å². The molecule has 0 fully saturated rings. The average Bonchev–Trinajstić information content (AvgIpc) is 2.35. The van der Waals surface area contributed by atoms with Gasteiger partial charge in [-0.1, -0.05) is 26.0 Å². The van der Waals surface area contributed by atoms with Gasteiger partial charge in [-0.25, -0.2) is 12.8 Å². The molecule has 21 heavy (non-hydrogen) atoms. The van der Waals surface area contributed by atoms with Gasteiger partial charge < -0.3 is 14.4 Å². The molecule has 0 aromatic heterocycles. The fourth-order valence-electron chi connectivity index (χ4n) is 1.88. The van der Waals surface area contributed by atoms with Crippen LogP contribution in [0.15, 0.2) is 23.1 Å². The number of hydrogen-bond donors (Lipinski definition) is 0. The minimum atomic E-state index is -5.85. The number of hydrogen-bond acceptors (Lipinski definition) is 5. The van der Waals surface area contributed by atoms with Crippen LogP contribution >= 0.6 is 7.60 Å². The molecule has 0 saturated heterocycles. The molecule has 1 aromatic carbocycles. The molecule has 0 spiro atoms. The molecule has 1 unspecified atom stereocenters. The van der Waals surface area contributed by atoms with Gasteiger partial charge in [0, 0.05) is 0 Å². The number of rotatable bonds is 5. The molecule has 1 rings (SSSR count). The van der Waals surface area contributed by atoms with Crippen molar-refractivity contribution in [3.63, 3.8) is 0 Å². The summed E-state index contributed by atoms with van der Waals surface area (Å²) in [5, 5.41) is -3.45. The Morgan fingerprint density at radius 3 is 2.10 bits per heavy atom. The van der Waals surface area contributed by atoms with E-state index in [2.05, 4.69) is 0 Å². The summed E-state index contributed by atoms with van der Waals surface area (Å²) in [4.78, 5) is 20.8. The van der Waals surface area contributed by atoms with Crippen LogP contribution in [0.25, 0.3) is 0 Å². The Hall–Kier alpha value is 0.445. The van der Waals surface area contributed by atoms with Crippen molar-refractivity contribution in [3.8, 4) is 0 Å². The summed E-state index contributed by atoms with van der Waals surface area (Å²) in [6, 6.07) is 4.20. The second kappa shape index (κ2) is 8.92. The van der Waals surface area contributed by atoms with E-state index < -0.39 is 27.6 Å². The SMILES string of the molecule is CCc1cccc(S(=O)(=O)C(F)P(=O)([O-])[O-])c1CC.[Li+].[Li+]. The van der Waals surface area contributed by atoms with Gasteiger partial charge in [-0.05, 0) is 37.6 Å². The van der Waals surface area contributed by atoms with Crippen LogP contribution in [0, 0.1) is 0 Å². The maximum Gasteiger partial charge on any atom is 1.00 e. The first-order valence-electron chi connectivity index (χ1n) is 5.66. The van der Waals surface area contributed by atoms with Crippen molar-refractivity contribution in [2.45, 2.75) is 36.8 Å². The summed E-state index contributed by atoms with van der Waals surface area (Å²) in [6.45, 7) is 3.47. The quantitative estimate of drug-likeness (QED) is 0.399. The van der Waals surface area contributed by atoms with Crippen LogP contribution in [-0.2, 0) is 27.2 Å². The summed E-state index contributed by atoms with van der Waals surface area (Å²) in [5.74, 6) is 0. The molecule has 0 N–H and O–H groups in total. The van der Waals surface area contributed by atoms with Gasteiger partial charge in [0.1, 0.15) is 0 Å². The van der Waals surface area contributed by atoms with Crippen LogP contribution in [0.3, 0.4) is 0 Å². The molecule has 108 valence electrons. The molecule has 1 atom stereocenters. The van der Waals surface area contributed by atoms with Crippen LogP contribution in [0.1, 0.15) is 25.0 Å². The molecule has 10 heteroatoms. The average molecular weight is 322 g/mol. The maximum atomic E-state index is 13.4. The minimum Gasteiger partial charge on any atom is -0.808 e. The zero-order chi connectivity index (χ0) is 14.8. The van der Waals surface area contributed by atoms with Crippen LogP contribution in [0.5, 0.6) is 0 Å². The van der Waals surface area contributed by atoms with Gasteiger partial charge in [0.15, 0.2) is 0 Å². The van der Waals surface area contributed by atoms with Gasteiger partial charge in [0.05, 0.1) is 4.90 Å². The molecule has 0 aliphatic heterocycles. The minimum absolute atomic E-state index is 0. The van der Waals surface area contributed by atoms with Crippen LogP contribution in [0.2, 0.25) is 0 Å². The molecule has 0 heterocycles. The fraction of sp³-hybridized carbons (Fsp3) is 0.455. The number of aryl methyl sites for hydroxylation is 1. The Bertz CT molecular complexity index is 617. The molecule has 0 aliphatic carbocycles. The Balaban J connectivity index is 0. The largest absolute Gasteiger partial charge is 1.00 e. The van der Waals surface area contributed by atoms with E-state index in [-0.39, 0.29) is 37.7 Å². The van der Waals surface area contributed by atoms with Crippen molar-refractivity contribution in [2.75, 3.05) is 0 Å². The normalized spacial score (nSPS) is 13.0. The molecule has 0 bridgehead atoms. The number of halogens is 1. The van der Waals surface area contributed by atoms with Crippen molar-refractivity contribution < 1.29 is 64.9 Å². The van der Waals surface area contributed by atoms with Gasteiger partial charge in [0.2, 0.25) is 15.1 Å². The van der Waals surface area contributed by atoms with E-state index >= 15 is 0 Å². The number of alkyl halides is 1. The van der Waals surface area contributed by atoms with Gasteiger partial charge >= 0.3 is 37.7 Å². The molecule has 0 radical (unpaired) electrons. The van der Waals surface area contributed by atoms with E-state index in [1.165, 1.54) is 6.07 Å². The first-order chi connectivity index (χ1) is 8.66. The van der Waals surface area contributed by atoms with E-state index in [9.17, 15) is 27.2 Å². The zero-order valence-corrected chi connectivity index (χ0v) is 14.2.